The molecule has 0 amide bonds. The molecule has 0 aliphatic carbocycles. The average molecular weight is 255 g/mol. The van der Waals surface area contributed by atoms with Crippen LogP contribution in [0.2, 0.25) is 0 Å². The van der Waals surface area contributed by atoms with Gasteiger partial charge in [-0.05, 0) is 38.0 Å². The first-order valence-electron chi connectivity index (χ1n) is 6.55. The fraction of sp³-hybridized carbons (Fsp3) is 0.294. The molecule has 0 saturated heterocycles. The number of nitrogens with one attached hydrogen (secondary N) is 1. The molecule has 1 N–H and O–H groups in total. The molecule has 0 bridgehead atoms. The summed E-state index contributed by atoms with van der Waals surface area (Å²) in [5, 5.41) is 3.52. The molecule has 2 aromatic rings. The molecule has 2 heteroatoms. The summed E-state index contributed by atoms with van der Waals surface area (Å²) in [6, 6.07) is 12.6. The van der Waals surface area contributed by atoms with E-state index in [0.29, 0.717) is 0 Å². The fourth-order valence-electron chi connectivity index (χ4n) is 2.32. The second kappa shape index (κ2) is 5.79. The number of benzene rings is 2. The monoisotopic (exact) mass is 255 g/mol. The molecule has 0 fully saturated rings. The van der Waals surface area contributed by atoms with Crippen molar-refractivity contribution in [3.05, 3.63) is 58.7 Å². The molecule has 0 unspecified atom stereocenters. The van der Waals surface area contributed by atoms with E-state index in [2.05, 4.69) is 56.4 Å². The van der Waals surface area contributed by atoms with Crippen LogP contribution in [0, 0.1) is 20.8 Å². The van der Waals surface area contributed by atoms with Crippen LogP contribution in [0.25, 0.3) is 0 Å². The fourth-order valence-corrected chi connectivity index (χ4v) is 2.32. The molecular formula is C17H21NO. The first kappa shape index (κ1) is 13.5. The summed E-state index contributed by atoms with van der Waals surface area (Å²) in [7, 11) is 1.72. The summed E-state index contributed by atoms with van der Waals surface area (Å²) in [4.78, 5) is 0. The molecule has 100 valence electrons. The molecule has 0 aromatic heterocycles. The van der Waals surface area contributed by atoms with Crippen LogP contribution in [-0.4, -0.2) is 7.11 Å². The van der Waals surface area contributed by atoms with E-state index in [4.69, 9.17) is 4.74 Å². The van der Waals surface area contributed by atoms with Crippen molar-refractivity contribution in [3.63, 3.8) is 0 Å². The van der Waals surface area contributed by atoms with E-state index in [1.807, 2.05) is 6.07 Å². The molecule has 0 spiro atoms. The summed E-state index contributed by atoms with van der Waals surface area (Å²) >= 11 is 0. The highest BCUT2D eigenvalue weighted by Crippen LogP contribution is 2.24. The second-order valence-corrected chi connectivity index (χ2v) is 4.94. The highest BCUT2D eigenvalue weighted by atomic mass is 16.5. The SMILES string of the molecule is COc1ccc(C)cc1CNc1c(C)cccc1C. The van der Waals surface area contributed by atoms with Crippen molar-refractivity contribution in [1.82, 2.24) is 0 Å². The predicted octanol–water partition coefficient (Wildman–Crippen LogP) is 4.23. The lowest BCUT2D eigenvalue weighted by molar-refractivity contribution is 0.410. The highest BCUT2D eigenvalue weighted by molar-refractivity contribution is 5.57. The third kappa shape index (κ3) is 3.08. The van der Waals surface area contributed by atoms with E-state index < -0.39 is 0 Å². The number of hydrogen-bond acceptors (Lipinski definition) is 2. The van der Waals surface area contributed by atoms with Crippen LogP contribution in [0.15, 0.2) is 36.4 Å². The topological polar surface area (TPSA) is 21.3 Å². The summed E-state index contributed by atoms with van der Waals surface area (Å²) in [6.45, 7) is 7.13. The van der Waals surface area contributed by atoms with Crippen molar-refractivity contribution in [2.45, 2.75) is 27.3 Å². The Morgan fingerprint density at radius 1 is 1.00 bits per heavy atom. The molecule has 2 aromatic carbocycles. The number of methoxy groups -OCH3 is 1. The molecule has 2 rings (SSSR count). The molecule has 19 heavy (non-hydrogen) atoms. The van der Waals surface area contributed by atoms with Gasteiger partial charge in [-0.3, -0.25) is 0 Å². The minimum Gasteiger partial charge on any atom is -0.496 e. The number of hydrogen-bond donors (Lipinski definition) is 1. The molecule has 0 atom stereocenters. The van der Waals surface area contributed by atoms with Gasteiger partial charge >= 0.3 is 0 Å². The van der Waals surface area contributed by atoms with E-state index >= 15 is 0 Å². The zero-order valence-corrected chi connectivity index (χ0v) is 12.1. The molecule has 0 heterocycles. The number of rotatable bonds is 4. The van der Waals surface area contributed by atoms with E-state index in [9.17, 15) is 0 Å². The lowest BCUT2D eigenvalue weighted by Gasteiger charge is -2.15. The van der Waals surface area contributed by atoms with Crippen LogP contribution in [0.5, 0.6) is 5.75 Å². The van der Waals surface area contributed by atoms with Gasteiger partial charge in [-0.25, -0.2) is 0 Å². The Labute approximate surface area is 115 Å². The molecule has 0 saturated carbocycles. The quantitative estimate of drug-likeness (QED) is 0.882. The van der Waals surface area contributed by atoms with Gasteiger partial charge in [-0.1, -0.05) is 35.9 Å². The smallest absolute Gasteiger partial charge is 0.123 e. The van der Waals surface area contributed by atoms with Crippen LogP contribution < -0.4 is 10.1 Å². The largest absolute Gasteiger partial charge is 0.496 e. The number of aryl methyl sites for hydroxylation is 3. The van der Waals surface area contributed by atoms with Gasteiger partial charge in [0.2, 0.25) is 0 Å². The van der Waals surface area contributed by atoms with Crippen LogP contribution in [0.4, 0.5) is 5.69 Å². The van der Waals surface area contributed by atoms with Gasteiger partial charge in [-0.15, -0.1) is 0 Å². The van der Waals surface area contributed by atoms with Gasteiger partial charge in [0.05, 0.1) is 7.11 Å². The van der Waals surface area contributed by atoms with Gasteiger partial charge in [0, 0.05) is 17.8 Å². The van der Waals surface area contributed by atoms with Gasteiger partial charge in [0.25, 0.3) is 0 Å². The second-order valence-electron chi connectivity index (χ2n) is 4.94. The van der Waals surface area contributed by atoms with Gasteiger partial charge in [0.1, 0.15) is 5.75 Å². The Morgan fingerprint density at radius 2 is 1.68 bits per heavy atom. The third-order valence-corrected chi connectivity index (χ3v) is 3.37. The van der Waals surface area contributed by atoms with Crippen molar-refractivity contribution >= 4 is 5.69 Å². The average Bonchev–Trinajstić information content (AvgIpc) is 2.38. The molecule has 0 aliphatic rings. The highest BCUT2D eigenvalue weighted by Gasteiger charge is 2.05. The summed E-state index contributed by atoms with van der Waals surface area (Å²) in [5.41, 5.74) is 6.19. The Bertz CT molecular complexity index is 555. The molecule has 0 radical (unpaired) electrons. The zero-order chi connectivity index (χ0) is 13.8. The van der Waals surface area contributed by atoms with Crippen LogP contribution in [0.3, 0.4) is 0 Å². The van der Waals surface area contributed by atoms with E-state index in [1.165, 1.54) is 27.9 Å². The number of anilines is 1. The van der Waals surface area contributed by atoms with Gasteiger partial charge < -0.3 is 10.1 Å². The minimum atomic E-state index is 0.774. The maximum Gasteiger partial charge on any atom is 0.123 e. The first-order valence-corrected chi connectivity index (χ1v) is 6.55. The third-order valence-electron chi connectivity index (χ3n) is 3.37. The maximum absolute atomic E-state index is 5.41. The predicted molar refractivity (Wildman–Crippen MR) is 81.0 cm³/mol. The lowest BCUT2D eigenvalue weighted by atomic mass is 10.1. The first-order chi connectivity index (χ1) is 9.11. The van der Waals surface area contributed by atoms with Crippen molar-refractivity contribution in [2.75, 3.05) is 12.4 Å². The molecular weight excluding hydrogens is 234 g/mol. The van der Waals surface area contributed by atoms with E-state index in [-0.39, 0.29) is 0 Å². The van der Waals surface area contributed by atoms with E-state index in [0.717, 1.165) is 12.3 Å². The number of ether oxygens (including phenoxy) is 1. The molecule has 2 nitrogen and oxygen atoms in total. The Morgan fingerprint density at radius 3 is 2.32 bits per heavy atom. The molecule has 0 aliphatic heterocycles. The number of para-hydroxylation sites is 1. The van der Waals surface area contributed by atoms with Crippen molar-refractivity contribution in [3.8, 4) is 5.75 Å². The Hall–Kier alpha value is -1.96. The van der Waals surface area contributed by atoms with Crippen LogP contribution in [0.1, 0.15) is 22.3 Å². The van der Waals surface area contributed by atoms with Crippen molar-refractivity contribution in [1.29, 1.82) is 0 Å². The summed E-state index contributed by atoms with van der Waals surface area (Å²) < 4.78 is 5.41. The summed E-state index contributed by atoms with van der Waals surface area (Å²) in [6.07, 6.45) is 0. The zero-order valence-electron chi connectivity index (χ0n) is 12.1. The lowest BCUT2D eigenvalue weighted by Crippen LogP contribution is -2.04. The summed E-state index contributed by atoms with van der Waals surface area (Å²) in [5.74, 6) is 0.935. The van der Waals surface area contributed by atoms with E-state index in [1.54, 1.807) is 7.11 Å². The van der Waals surface area contributed by atoms with Crippen molar-refractivity contribution in [2.24, 2.45) is 0 Å². The van der Waals surface area contributed by atoms with Crippen molar-refractivity contribution < 1.29 is 4.74 Å². The normalized spacial score (nSPS) is 10.3. The van der Waals surface area contributed by atoms with Gasteiger partial charge in [0.15, 0.2) is 0 Å². The van der Waals surface area contributed by atoms with Gasteiger partial charge in [-0.2, -0.15) is 0 Å². The standard InChI is InChI=1S/C17H21NO/c1-12-8-9-16(19-4)15(10-12)11-18-17-13(2)6-5-7-14(17)3/h5-10,18H,11H2,1-4H3. The Kier molecular flexibility index (Phi) is 4.10. The minimum absolute atomic E-state index is 0.774. The maximum atomic E-state index is 5.41. The Balaban J connectivity index is 2.21. The van der Waals surface area contributed by atoms with Crippen LogP contribution in [-0.2, 0) is 6.54 Å². The van der Waals surface area contributed by atoms with Crippen LogP contribution >= 0.6 is 0 Å².